The van der Waals surface area contributed by atoms with Gasteiger partial charge < -0.3 is 10.2 Å². The van der Waals surface area contributed by atoms with E-state index in [1.165, 1.54) is 0 Å². The molecule has 0 aromatic heterocycles. The van der Waals surface area contributed by atoms with E-state index in [0.717, 1.165) is 29.7 Å². The molecule has 3 heteroatoms. The largest absolute Gasteiger partial charge is 0.387 e. The Hall–Kier alpha value is -1.51. The fraction of sp³-hybridized carbons (Fsp3) is 0.533. The van der Waals surface area contributed by atoms with Gasteiger partial charge in [0.25, 0.3) is 5.91 Å². The summed E-state index contributed by atoms with van der Waals surface area (Å²) in [5, 5.41) is 3.08. The van der Waals surface area contributed by atoms with E-state index in [1.54, 1.807) is 0 Å². The lowest BCUT2D eigenvalue weighted by Crippen LogP contribution is -2.35. The highest BCUT2D eigenvalue weighted by atomic mass is 16.2. The Bertz CT molecular complexity index is 415. The molecule has 0 aliphatic carbocycles. The average Bonchev–Trinajstić information content (AvgIpc) is 2.37. The van der Waals surface area contributed by atoms with Crippen LogP contribution in [0.5, 0.6) is 0 Å². The molecule has 0 radical (unpaired) electrons. The van der Waals surface area contributed by atoms with Crippen LogP contribution in [0.4, 0.5) is 5.69 Å². The quantitative estimate of drug-likeness (QED) is 0.867. The zero-order chi connectivity index (χ0) is 13.7. The number of anilines is 1. The van der Waals surface area contributed by atoms with Crippen LogP contribution in [0.15, 0.2) is 18.2 Å². The fourth-order valence-corrected chi connectivity index (χ4v) is 2.05. The number of nitrogens with one attached hydrogen (secondary N) is 1. The van der Waals surface area contributed by atoms with Gasteiger partial charge in [0.2, 0.25) is 0 Å². The van der Waals surface area contributed by atoms with Crippen LogP contribution in [0.2, 0.25) is 0 Å². The van der Waals surface area contributed by atoms with Gasteiger partial charge in [0.05, 0.1) is 5.56 Å². The van der Waals surface area contributed by atoms with E-state index in [0.29, 0.717) is 0 Å². The van der Waals surface area contributed by atoms with Crippen LogP contribution in [0.25, 0.3) is 0 Å². The van der Waals surface area contributed by atoms with Crippen molar-refractivity contribution in [2.75, 3.05) is 19.4 Å². The monoisotopic (exact) mass is 248 g/mol. The van der Waals surface area contributed by atoms with E-state index in [1.807, 2.05) is 44.1 Å². The Morgan fingerprint density at radius 1 is 1.44 bits per heavy atom. The summed E-state index contributed by atoms with van der Waals surface area (Å²) in [6, 6.07) is 6.19. The van der Waals surface area contributed by atoms with Crippen molar-refractivity contribution >= 4 is 11.6 Å². The Morgan fingerprint density at radius 2 is 2.11 bits per heavy atom. The summed E-state index contributed by atoms with van der Waals surface area (Å²) in [5.74, 6) is 0.0870. The highest BCUT2D eigenvalue weighted by Crippen LogP contribution is 2.20. The maximum Gasteiger partial charge on any atom is 0.255 e. The smallest absolute Gasteiger partial charge is 0.255 e. The summed E-state index contributed by atoms with van der Waals surface area (Å²) in [5.41, 5.74) is 2.75. The van der Waals surface area contributed by atoms with Gasteiger partial charge in [-0.05, 0) is 32.4 Å². The van der Waals surface area contributed by atoms with Crippen LogP contribution >= 0.6 is 0 Å². The van der Waals surface area contributed by atoms with E-state index in [-0.39, 0.29) is 11.9 Å². The lowest BCUT2D eigenvalue weighted by Gasteiger charge is -2.25. The molecule has 3 nitrogen and oxygen atoms in total. The zero-order valence-electron chi connectivity index (χ0n) is 12.1. The van der Waals surface area contributed by atoms with Crippen LogP contribution in [-0.4, -0.2) is 30.9 Å². The first kappa shape index (κ1) is 14.6. The zero-order valence-corrected chi connectivity index (χ0v) is 12.1. The summed E-state index contributed by atoms with van der Waals surface area (Å²) in [6.45, 7) is 6.24. The third kappa shape index (κ3) is 3.25. The maximum absolute atomic E-state index is 12.5. The number of hydrogen-bond acceptors (Lipinski definition) is 2. The first-order valence-electron chi connectivity index (χ1n) is 6.56. The first-order valence-corrected chi connectivity index (χ1v) is 6.56. The number of hydrogen-bond donors (Lipinski definition) is 1. The molecular weight excluding hydrogens is 224 g/mol. The molecule has 1 aromatic rings. The van der Waals surface area contributed by atoms with Crippen LogP contribution in [-0.2, 0) is 0 Å². The highest BCUT2D eigenvalue weighted by Gasteiger charge is 2.19. The summed E-state index contributed by atoms with van der Waals surface area (Å²) < 4.78 is 0. The molecule has 0 bridgehead atoms. The van der Waals surface area contributed by atoms with E-state index in [2.05, 4.69) is 19.2 Å². The molecule has 1 amide bonds. The molecule has 1 N–H and O–H groups in total. The van der Waals surface area contributed by atoms with Crippen molar-refractivity contribution in [2.45, 2.75) is 39.7 Å². The van der Waals surface area contributed by atoms with E-state index < -0.39 is 0 Å². The maximum atomic E-state index is 12.5. The molecule has 0 aliphatic heterocycles. The Morgan fingerprint density at radius 3 is 2.67 bits per heavy atom. The molecule has 0 heterocycles. The third-order valence-corrected chi connectivity index (χ3v) is 3.36. The minimum absolute atomic E-state index is 0.0870. The van der Waals surface area contributed by atoms with E-state index in [4.69, 9.17) is 0 Å². The molecule has 0 spiro atoms. The minimum atomic E-state index is 0.0870. The van der Waals surface area contributed by atoms with Crippen molar-refractivity contribution < 1.29 is 4.79 Å². The molecule has 100 valence electrons. The molecule has 1 rings (SSSR count). The summed E-state index contributed by atoms with van der Waals surface area (Å²) in [6.07, 6.45) is 2.12. The first-order chi connectivity index (χ1) is 8.51. The molecular formula is C15H24N2O. The molecule has 0 saturated carbocycles. The predicted molar refractivity (Wildman–Crippen MR) is 77.2 cm³/mol. The van der Waals surface area contributed by atoms with Crippen LogP contribution in [0, 0.1) is 6.92 Å². The second-order valence-corrected chi connectivity index (χ2v) is 4.85. The Labute approximate surface area is 110 Å². The van der Waals surface area contributed by atoms with Gasteiger partial charge in [-0.1, -0.05) is 25.0 Å². The van der Waals surface area contributed by atoms with Crippen molar-refractivity contribution in [3.8, 4) is 0 Å². The summed E-state index contributed by atoms with van der Waals surface area (Å²) in [4.78, 5) is 14.3. The topological polar surface area (TPSA) is 32.3 Å². The average molecular weight is 248 g/mol. The highest BCUT2D eigenvalue weighted by molar-refractivity contribution is 5.99. The second kappa shape index (κ2) is 6.43. The number of rotatable bonds is 5. The molecule has 0 saturated heterocycles. The van der Waals surface area contributed by atoms with Gasteiger partial charge in [-0.25, -0.2) is 0 Å². The molecule has 0 aliphatic rings. The van der Waals surface area contributed by atoms with Crippen LogP contribution in [0.3, 0.4) is 0 Å². The predicted octanol–water partition coefficient (Wildman–Crippen LogP) is 3.30. The Kier molecular flexibility index (Phi) is 5.20. The molecule has 1 atom stereocenters. The summed E-state index contributed by atoms with van der Waals surface area (Å²) >= 11 is 0. The van der Waals surface area contributed by atoms with Gasteiger partial charge in [-0.2, -0.15) is 0 Å². The van der Waals surface area contributed by atoms with Crippen LogP contribution < -0.4 is 5.32 Å². The standard InChI is InChI=1S/C15H24N2O/c1-6-7-12(3)17(5)15(18)13-10-11(2)8-9-14(13)16-4/h8-10,12,16H,6-7H2,1-5H3. The molecule has 0 fully saturated rings. The normalized spacial score (nSPS) is 12.1. The lowest BCUT2D eigenvalue weighted by molar-refractivity contribution is 0.0737. The Balaban J connectivity index is 2.98. The number of amides is 1. The molecule has 1 unspecified atom stereocenters. The number of carbonyl (C=O) groups excluding carboxylic acids is 1. The van der Waals surface area contributed by atoms with Crippen LogP contribution in [0.1, 0.15) is 42.6 Å². The van der Waals surface area contributed by atoms with Gasteiger partial charge in [0.1, 0.15) is 0 Å². The lowest BCUT2D eigenvalue weighted by atomic mass is 10.1. The number of carbonyl (C=O) groups is 1. The van der Waals surface area contributed by atoms with Crippen molar-refractivity contribution in [1.82, 2.24) is 4.90 Å². The van der Waals surface area contributed by atoms with Crippen molar-refractivity contribution in [1.29, 1.82) is 0 Å². The number of aryl methyl sites for hydroxylation is 1. The van der Waals surface area contributed by atoms with Crippen molar-refractivity contribution in [3.05, 3.63) is 29.3 Å². The fourth-order valence-electron chi connectivity index (χ4n) is 2.05. The molecule has 1 aromatic carbocycles. The van der Waals surface area contributed by atoms with Crippen molar-refractivity contribution in [2.24, 2.45) is 0 Å². The van der Waals surface area contributed by atoms with E-state index in [9.17, 15) is 4.79 Å². The minimum Gasteiger partial charge on any atom is -0.387 e. The SMILES string of the molecule is CCCC(C)N(C)C(=O)c1cc(C)ccc1NC. The van der Waals surface area contributed by atoms with Gasteiger partial charge >= 0.3 is 0 Å². The van der Waals surface area contributed by atoms with Gasteiger partial charge in [0, 0.05) is 25.8 Å². The van der Waals surface area contributed by atoms with Crippen molar-refractivity contribution in [3.63, 3.8) is 0 Å². The van der Waals surface area contributed by atoms with Gasteiger partial charge in [-0.3, -0.25) is 4.79 Å². The van der Waals surface area contributed by atoms with Gasteiger partial charge in [-0.15, -0.1) is 0 Å². The number of nitrogens with zero attached hydrogens (tertiary/aromatic N) is 1. The third-order valence-electron chi connectivity index (χ3n) is 3.36. The number of benzene rings is 1. The van der Waals surface area contributed by atoms with Gasteiger partial charge in [0.15, 0.2) is 0 Å². The second-order valence-electron chi connectivity index (χ2n) is 4.85. The molecule has 18 heavy (non-hydrogen) atoms. The van der Waals surface area contributed by atoms with E-state index >= 15 is 0 Å². The summed E-state index contributed by atoms with van der Waals surface area (Å²) in [7, 11) is 3.72.